The van der Waals surface area contributed by atoms with Gasteiger partial charge in [-0.15, -0.1) is 0 Å². The summed E-state index contributed by atoms with van der Waals surface area (Å²) in [6, 6.07) is 7.16. The standard InChI is InChI=1S/C12H11NO3/c1-9-2-3-12(10(6-9)7-14)15-8-11-4-5-13-16-11/h2-7H,8H2,1H3. The number of carbonyl (C=O) groups is 1. The molecule has 16 heavy (non-hydrogen) atoms. The lowest BCUT2D eigenvalue weighted by Crippen LogP contribution is -1.97. The van der Waals surface area contributed by atoms with Crippen LogP contribution in [0.25, 0.3) is 0 Å². The highest BCUT2D eigenvalue weighted by Gasteiger charge is 2.04. The van der Waals surface area contributed by atoms with E-state index in [1.54, 1.807) is 24.4 Å². The Bertz CT molecular complexity index is 477. The van der Waals surface area contributed by atoms with Crippen molar-refractivity contribution in [1.29, 1.82) is 0 Å². The average molecular weight is 217 g/mol. The molecule has 0 spiro atoms. The van der Waals surface area contributed by atoms with Crippen LogP contribution in [0.3, 0.4) is 0 Å². The summed E-state index contributed by atoms with van der Waals surface area (Å²) in [5.74, 6) is 1.18. The number of aryl methyl sites for hydroxylation is 1. The van der Waals surface area contributed by atoms with Crippen LogP contribution in [0.15, 0.2) is 35.0 Å². The minimum absolute atomic E-state index is 0.268. The first kappa shape index (κ1) is 10.4. The zero-order valence-electron chi connectivity index (χ0n) is 8.84. The molecule has 0 atom stereocenters. The van der Waals surface area contributed by atoms with E-state index in [-0.39, 0.29) is 6.61 Å². The SMILES string of the molecule is Cc1ccc(OCc2ccno2)c(C=O)c1. The topological polar surface area (TPSA) is 52.3 Å². The van der Waals surface area contributed by atoms with Gasteiger partial charge in [-0.2, -0.15) is 0 Å². The molecule has 0 aliphatic heterocycles. The van der Waals surface area contributed by atoms with Gasteiger partial charge < -0.3 is 9.26 Å². The third-order valence-corrected chi connectivity index (χ3v) is 2.15. The Morgan fingerprint density at radius 2 is 2.31 bits per heavy atom. The van der Waals surface area contributed by atoms with Crippen LogP contribution in [0.5, 0.6) is 5.75 Å². The van der Waals surface area contributed by atoms with E-state index in [4.69, 9.17) is 9.26 Å². The van der Waals surface area contributed by atoms with Crippen molar-refractivity contribution < 1.29 is 14.1 Å². The van der Waals surface area contributed by atoms with Gasteiger partial charge in [0.15, 0.2) is 12.0 Å². The molecule has 0 aliphatic rings. The molecule has 0 aliphatic carbocycles. The van der Waals surface area contributed by atoms with Crippen molar-refractivity contribution in [3.8, 4) is 5.75 Å². The number of aldehydes is 1. The molecule has 1 aromatic heterocycles. The minimum Gasteiger partial charge on any atom is -0.485 e. The number of hydrogen-bond donors (Lipinski definition) is 0. The predicted octanol–water partition coefficient (Wildman–Crippen LogP) is 2.37. The van der Waals surface area contributed by atoms with E-state index in [9.17, 15) is 4.79 Å². The van der Waals surface area contributed by atoms with Gasteiger partial charge in [-0.1, -0.05) is 16.8 Å². The molecule has 0 amide bonds. The lowest BCUT2D eigenvalue weighted by atomic mass is 10.1. The normalized spacial score (nSPS) is 10.1. The van der Waals surface area contributed by atoms with Gasteiger partial charge >= 0.3 is 0 Å². The molecule has 82 valence electrons. The Kier molecular flexibility index (Phi) is 3.00. The Morgan fingerprint density at radius 3 is 3.00 bits per heavy atom. The number of nitrogens with zero attached hydrogens (tertiary/aromatic N) is 1. The lowest BCUT2D eigenvalue weighted by Gasteiger charge is -2.06. The van der Waals surface area contributed by atoms with Gasteiger partial charge in [-0.05, 0) is 19.1 Å². The summed E-state index contributed by atoms with van der Waals surface area (Å²) in [7, 11) is 0. The maximum atomic E-state index is 10.8. The molecule has 0 unspecified atom stereocenters. The molecule has 0 saturated heterocycles. The van der Waals surface area contributed by atoms with Gasteiger partial charge in [0.1, 0.15) is 12.4 Å². The largest absolute Gasteiger partial charge is 0.485 e. The van der Waals surface area contributed by atoms with Crippen molar-refractivity contribution in [3.05, 3.63) is 47.3 Å². The Balaban J connectivity index is 2.12. The summed E-state index contributed by atoms with van der Waals surface area (Å²) in [6.45, 7) is 2.19. The monoisotopic (exact) mass is 217 g/mol. The van der Waals surface area contributed by atoms with Gasteiger partial charge in [0.25, 0.3) is 0 Å². The van der Waals surface area contributed by atoms with Gasteiger partial charge in [0.2, 0.25) is 0 Å². The smallest absolute Gasteiger partial charge is 0.174 e. The number of aromatic nitrogens is 1. The highest BCUT2D eigenvalue weighted by atomic mass is 16.5. The van der Waals surface area contributed by atoms with Crippen molar-refractivity contribution in [1.82, 2.24) is 5.16 Å². The van der Waals surface area contributed by atoms with E-state index in [1.807, 2.05) is 13.0 Å². The number of carbonyl (C=O) groups excluding carboxylic acids is 1. The average Bonchev–Trinajstić information content (AvgIpc) is 2.80. The van der Waals surface area contributed by atoms with Crippen LogP contribution in [0.2, 0.25) is 0 Å². The zero-order chi connectivity index (χ0) is 11.4. The molecule has 4 heteroatoms. The summed E-state index contributed by atoms with van der Waals surface area (Å²) in [5.41, 5.74) is 1.56. The van der Waals surface area contributed by atoms with E-state index in [0.29, 0.717) is 17.1 Å². The number of rotatable bonds is 4. The highest BCUT2D eigenvalue weighted by Crippen LogP contribution is 2.19. The summed E-state index contributed by atoms with van der Waals surface area (Å²) >= 11 is 0. The molecule has 2 rings (SSSR count). The molecular formula is C12H11NO3. The second-order valence-corrected chi connectivity index (χ2v) is 3.43. The van der Waals surface area contributed by atoms with Crippen molar-refractivity contribution in [2.75, 3.05) is 0 Å². The lowest BCUT2D eigenvalue weighted by molar-refractivity contribution is 0.111. The van der Waals surface area contributed by atoms with E-state index < -0.39 is 0 Å². The first-order valence-electron chi connectivity index (χ1n) is 4.88. The number of hydrogen-bond acceptors (Lipinski definition) is 4. The number of ether oxygens (including phenoxy) is 1. The van der Waals surface area contributed by atoms with Gasteiger partial charge in [-0.25, -0.2) is 0 Å². The predicted molar refractivity (Wildman–Crippen MR) is 57.4 cm³/mol. The van der Waals surface area contributed by atoms with Crippen LogP contribution in [-0.4, -0.2) is 11.4 Å². The van der Waals surface area contributed by atoms with Gasteiger partial charge in [0.05, 0.1) is 11.8 Å². The van der Waals surface area contributed by atoms with Gasteiger partial charge in [-0.3, -0.25) is 4.79 Å². The van der Waals surface area contributed by atoms with Crippen LogP contribution in [0, 0.1) is 6.92 Å². The van der Waals surface area contributed by atoms with Crippen LogP contribution in [0.1, 0.15) is 21.7 Å². The summed E-state index contributed by atoms with van der Waals surface area (Å²) in [5, 5.41) is 3.57. The fourth-order valence-electron chi connectivity index (χ4n) is 1.36. The molecule has 0 saturated carbocycles. The molecular weight excluding hydrogens is 206 g/mol. The van der Waals surface area contributed by atoms with Crippen LogP contribution >= 0.6 is 0 Å². The Morgan fingerprint density at radius 1 is 1.44 bits per heavy atom. The second-order valence-electron chi connectivity index (χ2n) is 3.43. The third kappa shape index (κ3) is 2.28. The van der Waals surface area contributed by atoms with Crippen molar-refractivity contribution >= 4 is 6.29 Å². The Labute approximate surface area is 92.8 Å². The van der Waals surface area contributed by atoms with Crippen LogP contribution in [-0.2, 0) is 6.61 Å². The van der Waals surface area contributed by atoms with E-state index in [1.165, 1.54) is 0 Å². The minimum atomic E-state index is 0.268. The summed E-state index contributed by atoms with van der Waals surface area (Å²) in [4.78, 5) is 10.8. The Hall–Kier alpha value is -2.10. The molecule has 2 aromatic rings. The molecule has 0 radical (unpaired) electrons. The molecule has 4 nitrogen and oxygen atoms in total. The first-order valence-corrected chi connectivity index (χ1v) is 4.88. The quantitative estimate of drug-likeness (QED) is 0.738. The van der Waals surface area contributed by atoms with E-state index in [2.05, 4.69) is 5.16 Å². The summed E-state index contributed by atoms with van der Waals surface area (Å²) < 4.78 is 10.4. The number of benzene rings is 1. The summed E-state index contributed by atoms with van der Waals surface area (Å²) in [6.07, 6.45) is 2.33. The zero-order valence-corrected chi connectivity index (χ0v) is 8.84. The van der Waals surface area contributed by atoms with E-state index >= 15 is 0 Å². The van der Waals surface area contributed by atoms with Crippen molar-refractivity contribution in [2.24, 2.45) is 0 Å². The maximum absolute atomic E-state index is 10.8. The fourth-order valence-corrected chi connectivity index (χ4v) is 1.36. The van der Waals surface area contributed by atoms with Gasteiger partial charge in [0, 0.05) is 6.07 Å². The van der Waals surface area contributed by atoms with Crippen LogP contribution < -0.4 is 4.74 Å². The fraction of sp³-hybridized carbons (Fsp3) is 0.167. The maximum Gasteiger partial charge on any atom is 0.174 e. The van der Waals surface area contributed by atoms with Crippen molar-refractivity contribution in [2.45, 2.75) is 13.5 Å². The molecule has 1 aromatic carbocycles. The molecule has 0 bridgehead atoms. The molecule has 0 fully saturated rings. The van der Waals surface area contributed by atoms with E-state index in [0.717, 1.165) is 11.8 Å². The third-order valence-electron chi connectivity index (χ3n) is 2.15. The van der Waals surface area contributed by atoms with Crippen LogP contribution in [0.4, 0.5) is 0 Å². The second kappa shape index (κ2) is 4.61. The molecule has 1 heterocycles. The highest BCUT2D eigenvalue weighted by molar-refractivity contribution is 5.79. The van der Waals surface area contributed by atoms with Crippen molar-refractivity contribution in [3.63, 3.8) is 0 Å². The first-order chi connectivity index (χ1) is 7.79. The molecule has 0 N–H and O–H groups in total.